The molecule has 13 heavy (non-hydrogen) atoms. The van der Waals surface area contributed by atoms with Gasteiger partial charge in [0.05, 0.1) is 13.0 Å². The van der Waals surface area contributed by atoms with Gasteiger partial charge in [0.15, 0.2) is 0 Å². The molecule has 0 fully saturated rings. The number of ether oxygens (including phenoxy) is 1. The van der Waals surface area contributed by atoms with E-state index in [0.717, 1.165) is 6.42 Å². The molecule has 0 aromatic heterocycles. The summed E-state index contributed by atoms with van der Waals surface area (Å²) in [5, 5.41) is 0. The molecule has 0 saturated heterocycles. The van der Waals surface area contributed by atoms with Crippen molar-refractivity contribution in [2.24, 2.45) is 11.3 Å². The fourth-order valence-corrected chi connectivity index (χ4v) is 0.843. The second kappa shape index (κ2) is 5.25. The summed E-state index contributed by atoms with van der Waals surface area (Å²) < 4.78 is 5.04. The standard InChI is InChI=1S/C11H22O2/c1-6-7-13-10(12)8-11(4,5)9(2)3/h9H,6-8H2,1-5H3. The van der Waals surface area contributed by atoms with Crippen molar-refractivity contribution < 1.29 is 9.53 Å². The summed E-state index contributed by atoms with van der Waals surface area (Å²) in [5.74, 6) is 0.433. The van der Waals surface area contributed by atoms with Gasteiger partial charge in [0, 0.05) is 0 Å². The van der Waals surface area contributed by atoms with Crippen LogP contribution in [0.4, 0.5) is 0 Å². The van der Waals surface area contributed by atoms with Crippen LogP contribution in [0.15, 0.2) is 0 Å². The molecule has 2 heteroatoms. The first-order valence-electron chi connectivity index (χ1n) is 5.05. The van der Waals surface area contributed by atoms with Crippen molar-refractivity contribution in [3.63, 3.8) is 0 Å². The monoisotopic (exact) mass is 186 g/mol. The third kappa shape index (κ3) is 4.91. The van der Waals surface area contributed by atoms with Gasteiger partial charge >= 0.3 is 5.97 Å². The molecule has 0 aliphatic heterocycles. The van der Waals surface area contributed by atoms with E-state index in [4.69, 9.17) is 4.74 Å². The first-order chi connectivity index (χ1) is 5.90. The third-order valence-electron chi connectivity index (χ3n) is 2.63. The second-order valence-corrected chi connectivity index (χ2v) is 4.54. The zero-order valence-electron chi connectivity index (χ0n) is 9.52. The summed E-state index contributed by atoms with van der Waals surface area (Å²) in [5.41, 5.74) is 0.0465. The average molecular weight is 186 g/mol. The molecular weight excluding hydrogens is 164 g/mol. The van der Waals surface area contributed by atoms with Gasteiger partial charge in [-0.1, -0.05) is 34.6 Å². The summed E-state index contributed by atoms with van der Waals surface area (Å²) in [4.78, 5) is 11.3. The van der Waals surface area contributed by atoms with Crippen LogP contribution in [0.3, 0.4) is 0 Å². The molecule has 0 rings (SSSR count). The van der Waals surface area contributed by atoms with E-state index < -0.39 is 0 Å². The summed E-state index contributed by atoms with van der Waals surface area (Å²) in [6.45, 7) is 11.0. The summed E-state index contributed by atoms with van der Waals surface area (Å²) in [6, 6.07) is 0. The normalized spacial score (nSPS) is 11.8. The highest BCUT2D eigenvalue weighted by Gasteiger charge is 2.26. The van der Waals surface area contributed by atoms with Crippen LogP contribution in [0.2, 0.25) is 0 Å². The lowest BCUT2D eigenvalue weighted by Gasteiger charge is -2.27. The van der Waals surface area contributed by atoms with E-state index in [-0.39, 0.29) is 11.4 Å². The van der Waals surface area contributed by atoms with E-state index in [1.807, 2.05) is 6.92 Å². The number of rotatable bonds is 5. The lowest BCUT2D eigenvalue weighted by atomic mass is 9.78. The summed E-state index contributed by atoms with van der Waals surface area (Å²) in [7, 11) is 0. The van der Waals surface area contributed by atoms with E-state index in [0.29, 0.717) is 18.9 Å². The predicted molar refractivity (Wildman–Crippen MR) is 54.5 cm³/mol. The Bertz CT molecular complexity index is 159. The summed E-state index contributed by atoms with van der Waals surface area (Å²) in [6.07, 6.45) is 1.42. The minimum atomic E-state index is -0.0689. The SMILES string of the molecule is CCCOC(=O)CC(C)(C)C(C)C. The highest BCUT2D eigenvalue weighted by atomic mass is 16.5. The van der Waals surface area contributed by atoms with Crippen LogP contribution in [0, 0.1) is 11.3 Å². The van der Waals surface area contributed by atoms with Gasteiger partial charge in [-0.15, -0.1) is 0 Å². The zero-order chi connectivity index (χ0) is 10.5. The van der Waals surface area contributed by atoms with E-state index in [2.05, 4.69) is 27.7 Å². The molecule has 0 aromatic carbocycles. The molecule has 78 valence electrons. The number of hydrogen-bond donors (Lipinski definition) is 0. The smallest absolute Gasteiger partial charge is 0.306 e. The molecule has 0 aromatic rings. The number of carbonyl (C=O) groups is 1. The average Bonchev–Trinajstić information content (AvgIpc) is 1.99. The molecule has 0 saturated carbocycles. The van der Waals surface area contributed by atoms with E-state index in [9.17, 15) is 4.79 Å². The minimum absolute atomic E-state index is 0.0465. The molecule has 0 atom stereocenters. The van der Waals surface area contributed by atoms with Gasteiger partial charge in [0.25, 0.3) is 0 Å². The molecule has 2 nitrogen and oxygen atoms in total. The van der Waals surface area contributed by atoms with Crippen molar-refractivity contribution in [1.82, 2.24) is 0 Å². The maximum absolute atomic E-state index is 11.3. The molecule has 0 radical (unpaired) electrons. The molecule has 0 aliphatic carbocycles. The second-order valence-electron chi connectivity index (χ2n) is 4.54. The number of carbonyl (C=O) groups excluding carboxylic acids is 1. The molecule has 0 bridgehead atoms. The highest BCUT2D eigenvalue weighted by molar-refractivity contribution is 5.70. The molecule has 0 heterocycles. The van der Waals surface area contributed by atoms with Crippen molar-refractivity contribution in [3.05, 3.63) is 0 Å². The van der Waals surface area contributed by atoms with Gasteiger partial charge in [-0.3, -0.25) is 4.79 Å². The van der Waals surface area contributed by atoms with Crippen molar-refractivity contribution in [3.8, 4) is 0 Å². The maximum atomic E-state index is 11.3. The van der Waals surface area contributed by atoms with Crippen molar-refractivity contribution in [2.75, 3.05) is 6.61 Å². The molecule has 0 unspecified atom stereocenters. The first-order valence-corrected chi connectivity index (χ1v) is 5.05. The Hall–Kier alpha value is -0.530. The lowest BCUT2D eigenvalue weighted by Crippen LogP contribution is -2.24. The van der Waals surface area contributed by atoms with Gasteiger partial charge in [0.2, 0.25) is 0 Å². The molecule has 0 amide bonds. The fourth-order valence-electron chi connectivity index (χ4n) is 0.843. The molecular formula is C11H22O2. The Morgan fingerprint density at radius 1 is 1.38 bits per heavy atom. The lowest BCUT2D eigenvalue weighted by molar-refractivity contribution is -0.146. The largest absolute Gasteiger partial charge is 0.466 e. The van der Waals surface area contributed by atoms with E-state index in [1.165, 1.54) is 0 Å². The van der Waals surface area contributed by atoms with Crippen LogP contribution in [-0.2, 0) is 9.53 Å². The predicted octanol–water partition coefficient (Wildman–Crippen LogP) is 3.01. The minimum Gasteiger partial charge on any atom is -0.466 e. The Morgan fingerprint density at radius 2 is 1.92 bits per heavy atom. The van der Waals surface area contributed by atoms with Crippen LogP contribution >= 0.6 is 0 Å². The van der Waals surface area contributed by atoms with Crippen LogP contribution in [0.1, 0.15) is 47.5 Å². The van der Waals surface area contributed by atoms with Crippen molar-refractivity contribution >= 4 is 5.97 Å². The van der Waals surface area contributed by atoms with Gasteiger partial charge in [-0.25, -0.2) is 0 Å². The quantitative estimate of drug-likeness (QED) is 0.617. The molecule has 0 aliphatic rings. The Balaban J connectivity index is 3.90. The first kappa shape index (κ1) is 12.5. The fraction of sp³-hybridized carbons (Fsp3) is 0.909. The Kier molecular flexibility index (Phi) is 5.04. The highest BCUT2D eigenvalue weighted by Crippen LogP contribution is 2.30. The third-order valence-corrected chi connectivity index (χ3v) is 2.63. The van der Waals surface area contributed by atoms with Crippen molar-refractivity contribution in [2.45, 2.75) is 47.5 Å². The van der Waals surface area contributed by atoms with E-state index in [1.54, 1.807) is 0 Å². The Labute approximate surface area is 81.7 Å². The van der Waals surface area contributed by atoms with Gasteiger partial charge in [0.1, 0.15) is 0 Å². The zero-order valence-corrected chi connectivity index (χ0v) is 9.52. The van der Waals surface area contributed by atoms with Crippen LogP contribution in [0.25, 0.3) is 0 Å². The number of esters is 1. The van der Waals surface area contributed by atoms with E-state index >= 15 is 0 Å². The Morgan fingerprint density at radius 3 is 2.31 bits per heavy atom. The molecule has 0 N–H and O–H groups in total. The van der Waals surface area contributed by atoms with Crippen LogP contribution < -0.4 is 0 Å². The number of hydrogen-bond acceptors (Lipinski definition) is 2. The van der Waals surface area contributed by atoms with Crippen LogP contribution in [-0.4, -0.2) is 12.6 Å². The van der Waals surface area contributed by atoms with Crippen molar-refractivity contribution in [1.29, 1.82) is 0 Å². The van der Waals surface area contributed by atoms with Gasteiger partial charge in [-0.05, 0) is 17.8 Å². The van der Waals surface area contributed by atoms with Gasteiger partial charge in [-0.2, -0.15) is 0 Å². The summed E-state index contributed by atoms with van der Waals surface area (Å²) >= 11 is 0. The maximum Gasteiger partial charge on any atom is 0.306 e. The topological polar surface area (TPSA) is 26.3 Å². The van der Waals surface area contributed by atoms with Gasteiger partial charge < -0.3 is 4.74 Å². The van der Waals surface area contributed by atoms with Crippen LogP contribution in [0.5, 0.6) is 0 Å². The molecule has 0 spiro atoms.